The number of aryl methyl sites for hydroxylation is 1. The summed E-state index contributed by atoms with van der Waals surface area (Å²) >= 11 is 0. The average molecular weight is 519 g/mol. The van der Waals surface area contributed by atoms with Crippen molar-refractivity contribution in [2.75, 3.05) is 0 Å². The molecule has 0 heterocycles. The van der Waals surface area contributed by atoms with Crippen molar-refractivity contribution in [2.24, 2.45) is 10.2 Å². The molecule has 3 rings (SSSR count). The van der Waals surface area contributed by atoms with Gasteiger partial charge in [0.2, 0.25) is 0 Å². The Balaban J connectivity index is 2.34. The number of benzene rings is 3. The van der Waals surface area contributed by atoms with Crippen molar-refractivity contribution in [1.82, 2.24) is 0 Å². The lowest BCUT2D eigenvalue weighted by molar-refractivity contribution is 0.444. The topological polar surface area (TPSA) is 228 Å². The molecule has 0 aromatic heterocycles. The van der Waals surface area contributed by atoms with Gasteiger partial charge in [-0.3, -0.25) is 13.7 Å². The molecular formula is C17H14N2O11S3. The van der Waals surface area contributed by atoms with Crippen LogP contribution in [0.5, 0.6) is 11.5 Å². The SMILES string of the molecule is Cc1cc(S(=O)(=O)O)cc(N=Nc2c(O)c(S(=O)(=O)O)cc3cc(S(=O)(=O)O)ccc23)c1O. The van der Waals surface area contributed by atoms with E-state index in [1.807, 2.05) is 0 Å². The van der Waals surface area contributed by atoms with Crippen LogP contribution >= 0.6 is 0 Å². The van der Waals surface area contributed by atoms with Gasteiger partial charge in [-0.2, -0.15) is 25.3 Å². The summed E-state index contributed by atoms with van der Waals surface area (Å²) in [5, 5.41) is 27.5. The first kappa shape index (κ1) is 24.5. The van der Waals surface area contributed by atoms with Gasteiger partial charge in [-0.15, -0.1) is 10.2 Å². The third kappa shape index (κ3) is 4.95. The number of hydrogen-bond donors (Lipinski definition) is 5. The standard InChI is InChI=1S/C17H14N2O11S3/c1-8-4-11(32(25,26)27)7-13(16(8)20)18-19-15-12-3-2-10(31(22,23)24)5-9(12)6-14(17(15)21)33(28,29)30/h2-7,20-21H,1H3,(H,22,23,24)(H,25,26,27)(H,28,29,30). The van der Waals surface area contributed by atoms with E-state index in [9.17, 15) is 49.1 Å². The molecule has 0 fully saturated rings. The molecule has 3 aromatic carbocycles. The molecule has 0 aliphatic heterocycles. The predicted octanol–water partition coefficient (Wildman–Crippen LogP) is 2.71. The van der Waals surface area contributed by atoms with E-state index in [1.165, 1.54) is 6.92 Å². The lowest BCUT2D eigenvalue weighted by atomic mass is 10.1. The second-order valence-electron chi connectivity index (χ2n) is 6.69. The second kappa shape index (κ2) is 8.01. The highest BCUT2D eigenvalue weighted by Crippen LogP contribution is 2.43. The van der Waals surface area contributed by atoms with Gasteiger partial charge in [0, 0.05) is 5.39 Å². The molecule has 0 radical (unpaired) electrons. The third-order valence-corrected chi connectivity index (χ3v) is 6.96. The van der Waals surface area contributed by atoms with Crippen LogP contribution in [-0.4, -0.2) is 49.1 Å². The van der Waals surface area contributed by atoms with E-state index in [4.69, 9.17) is 0 Å². The highest BCUT2D eigenvalue weighted by Gasteiger charge is 2.23. The van der Waals surface area contributed by atoms with E-state index in [0.29, 0.717) is 0 Å². The number of nitrogens with zero attached hydrogens (tertiary/aromatic N) is 2. The molecule has 0 aliphatic rings. The zero-order chi connectivity index (χ0) is 24.9. The van der Waals surface area contributed by atoms with Crippen molar-refractivity contribution in [3.05, 3.63) is 42.0 Å². The molecule has 0 amide bonds. The molecule has 13 nitrogen and oxygen atoms in total. The number of hydrogen-bond acceptors (Lipinski definition) is 10. The summed E-state index contributed by atoms with van der Waals surface area (Å²) in [6.45, 7) is 1.30. The summed E-state index contributed by atoms with van der Waals surface area (Å²) in [6, 6.07) is 5.26. The van der Waals surface area contributed by atoms with Gasteiger partial charge in [-0.1, -0.05) is 6.07 Å². The number of rotatable bonds is 5. The molecule has 0 saturated heterocycles. The third-order valence-electron chi connectivity index (χ3n) is 4.41. The van der Waals surface area contributed by atoms with Crippen molar-refractivity contribution < 1.29 is 49.1 Å². The molecule has 176 valence electrons. The van der Waals surface area contributed by atoms with Crippen LogP contribution in [0.25, 0.3) is 10.8 Å². The molecule has 33 heavy (non-hydrogen) atoms. The number of aromatic hydroxyl groups is 2. The molecule has 0 bridgehead atoms. The van der Waals surface area contributed by atoms with Gasteiger partial charge in [0.25, 0.3) is 30.4 Å². The van der Waals surface area contributed by atoms with Gasteiger partial charge in [0.05, 0.1) is 9.79 Å². The molecular weight excluding hydrogens is 504 g/mol. The molecule has 0 spiro atoms. The first-order valence-corrected chi connectivity index (χ1v) is 12.8. The van der Waals surface area contributed by atoms with Crippen LogP contribution in [0.3, 0.4) is 0 Å². The van der Waals surface area contributed by atoms with E-state index >= 15 is 0 Å². The normalized spacial score (nSPS) is 13.1. The zero-order valence-electron chi connectivity index (χ0n) is 16.3. The van der Waals surface area contributed by atoms with Crippen LogP contribution in [0.1, 0.15) is 5.56 Å². The van der Waals surface area contributed by atoms with Gasteiger partial charge < -0.3 is 10.2 Å². The van der Waals surface area contributed by atoms with E-state index in [1.54, 1.807) is 0 Å². The molecule has 0 atom stereocenters. The van der Waals surface area contributed by atoms with Crippen molar-refractivity contribution >= 4 is 52.5 Å². The number of phenols is 2. The number of fused-ring (bicyclic) bond motifs is 1. The van der Waals surface area contributed by atoms with Gasteiger partial charge in [0.1, 0.15) is 22.0 Å². The van der Waals surface area contributed by atoms with Gasteiger partial charge in [-0.05, 0) is 48.2 Å². The highest BCUT2D eigenvalue weighted by molar-refractivity contribution is 7.86. The van der Waals surface area contributed by atoms with Crippen molar-refractivity contribution in [1.29, 1.82) is 0 Å². The lowest BCUT2D eigenvalue weighted by Gasteiger charge is -2.10. The minimum atomic E-state index is -5.05. The summed E-state index contributed by atoms with van der Waals surface area (Å²) in [7, 11) is -14.4. The molecule has 0 unspecified atom stereocenters. The molecule has 16 heteroatoms. The Hall–Kier alpha value is -3.15. The maximum Gasteiger partial charge on any atom is 0.298 e. The first-order valence-electron chi connectivity index (χ1n) is 8.47. The number of azo groups is 1. The highest BCUT2D eigenvalue weighted by atomic mass is 32.2. The Bertz CT molecular complexity index is 1660. The van der Waals surface area contributed by atoms with Gasteiger partial charge in [0.15, 0.2) is 5.75 Å². The van der Waals surface area contributed by atoms with E-state index < -0.39 is 67.9 Å². The Labute approximate surface area is 186 Å². The summed E-state index contributed by atoms with van der Waals surface area (Å²) in [6.07, 6.45) is 0. The maximum absolute atomic E-state index is 11.7. The number of phenolic OH excluding ortho intramolecular Hbond substituents is 2. The molecule has 0 aliphatic carbocycles. The summed E-state index contributed by atoms with van der Waals surface area (Å²) in [5.41, 5.74) is -1.10. The van der Waals surface area contributed by atoms with E-state index in [-0.39, 0.29) is 16.3 Å². The Morgan fingerprint density at radius 1 is 0.697 bits per heavy atom. The smallest absolute Gasteiger partial charge is 0.298 e. The minimum Gasteiger partial charge on any atom is -0.505 e. The Morgan fingerprint density at radius 2 is 1.30 bits per heavy atom. The van der Waals surface area contributed by atoms with Crippen molar-refractivity contribution in [2.45, 2.75) is 21.6 Å². The summed E-state index contributed by atoms with van der Waals surface area (Å²) in [4.78, 5) is -2.33. The van der Waals surface area contributed by atoms with Crippen molar-refractivity contribution in [3.8, 4) is 11.5 Å². The van der Waals surface area contributed by atoms with E-state index in [0.717, 1.165) is 36.4 Å². The predicted molar refractivity (Wildman–Crippen MR) is 112 cm³/mol. The summed E-state index contributed by atoms with van der Waals surface area (Å²) < 4.78 is 96.9. The minimum absolute atomic E-state index is 0.0161. The molecule has 5 N–H and O–H groups in total. The fraction of sp³-hybridized carbons (Fsp3) is 0.0588. The Kier molecular flexibility index (Phi) is 5.95. The van der Waals surface area contributed by atoms with Crippen LogP contribution in [0.2, 0.25) is 0 Å². The summed E-state index contributed by atoms with van der Waals surface area (Å²) in [5.74, 6) is -1.63. The molecule has 3 aromatic rings. The van der Waals surface area contributed by atoms with Crippen LogP contribution in [0, 0.1) is 6.92 Å². The fourth-order valence-electron chi connectivity index (χ4n) is 2.85. The fourth-order valence-corrected chi connectivity index (χ4v) is 4.56. The van der Waals surface area contributed by atoms with Crippen molar-refractivity contribution in [3.63, 3.8) is 0 Å². The Morgan fingerprint density at radius 3 is 1.85 bits per heavy atom. The first-order chi connectivity index (χ1) is 15.0. The quantitative estimate of drug-likeness (QED) is 0.243. The van der Waals surface area contributed by atoms with E-state index in [2.05, 4.69) is 10.2 Å². The van der Waals surface area contributed by atoms with Crippen LogP contribution in [0.15, 0.2) is 61.3 Å². The van der Waals surface area contributed by atoms with Gasteiger partial charge in [-0.25, -0.2) is 0 Å². The van der Waals surface area contributed by atoms with Gasteiger partial charge >= 0.3 is 0 Å². The lowest BCUT2D eigenvalue weighted by Crippen LogP contribution is -2.00. The average Bonchev–Trinajstić information content (AvgIpc) is 2.66. The monoisotopic (exact) mass is 518 g/mol. The maximum atomic E-state index is 11.7. The largest absolute Gasteiger partial charge is 0.505 e. The van der Waals surface area contributed by atoms with Crippen LogP contribution in [-0.2, 0) is 30.4 Å². The molecule has 0 saturated carbocycles. The zero-order valence-corrected chi connectivity index (χ0v) is 18.7. The van der Waals surface area contributed by atoms with Crippen LogP contribution < -0.4 is 0 Å². The van der Waals surface area contributed by atoms with Crippen LogP contribution in [0.4, 0.5) is 11.4 Å². The second-order valence-corrected chi connectivity index (χ2v) is 10.9.